The average molecular weight is 701 g/mol. The van der Waals surface area contributed by atoms with Crippen molar-refractivity contribution in [2.24, 2.45) is 7.05 Å². The molecule has 248 valence electrons. The van der Waals surface area contributed by atoms with Crippen molar-refractivity contribution in [3.05, 3.63) is 97.3 Å². The molecule has 6 aromatic rings. The number of carboxylic acid groups (broad SMARTS) is 1. The number of aryl methyl sites for hydroxylation is 6. The predicted molar refractivity (Wildman–Crippen MR) is 195 cm³/mol. The number of aromatic carboxylic acids is 1. The summed E-state index contributed by atoms with van der Waals surface area (Å²) < 4.78 is 10.1. The van der Waals surface area contributed by atoms with E-state index in [-0.39, 0.29) is 12.3 Å². The maximum absolute atomic E-state index is 12.8. The fourth-order valence-corrected chi connectivity index (χ4v) is 9.47. The Kier molecular flexibility index (Phi) is 9.26. The van der Waals surface area contributed by atoms with E-state index in [2.05, 4.69) is 37.3 Å². The second kappa shape index (κ2) is 13.6. The molecule has 0 amide bonds. The second-order valence-corrected chi connectivity index (χ2v) is 14.8. The third kappa shape index (κ3) is 6.00. The smallest absolute Gasteiger partial charge is 0.352 e. The van der Waals surface area contributed by atoms with Gasteiger partial charge in [0.25, 0.3) is 0 Å². The second-order valence-electron chi connectivity index (χ2n) is 12.2. The largest absolute Gasteiger partial charge is 0.493 e. The molecule has 0 spiro atoms. The first-order chi connectivity index (χ1) is 23.2. The van der Waals surface area contributed by atoms with Crippen molar-refractivity contribution in [2.45, 2.75) is 57.6 Å². The summed E-state index contributed by atoms with van der Waals surface area (Å²) in [6.07, 6.45) is 2.93. The Hall–Kier alpha value is -3.83. The van der Waals surface area contributed by atoms with E-state index in [1.807, 2.05) is 29.8 Å². The van der Waals surface area contributed by atoms with E-state index in [4.69, 9.17) is 26.4 Å². The Morgan fingerprint density at radius 2 is 1.85 bits per heavy atom. The van der Waals surface area contributed by atoms with Crippen LogP contribution in [0.2, 0.25) is 5.02 Å². The normalized spacial score (nSPS) is 14.2. The fraction of sp³-hybridized carbons (Fsp3) is 0.324. The van der Waals surface area contributed by atoms with Gasteiger partial charge in [0.05, 0.1) is 47.4 Å². The van der Waals surface area contributed by atoms with Gasteiger partial charge in [-0.2, -0.15) is 5.10 Å². The number of thioether (sulfide) groups is 1. The Morgan fingerprint density at radius 1 is 1.02 bits per heavy atom. The lowest BCUT2D eigenvalue weighted by Crippen LogP contribution is -2.09. The minimum atomic E-state index is -0.985. The number of aliphatic hydroxyl groups is 1. The molecule has 2 N–H and O–H groups in total. The molecule has 4 heterocycles. The van der Waals surface area contributed by atoms with Crippen LogP contribution in [0.5, 0.6) is 5.75 Å². The molecule has 0 aliphatic carbocycles. The van der Waals surface area contributed by atoms with Crippen molar-refractivity contribution in [2.75, 3.05) is 13.2 Å². The lowest BCUT2D eigenvalue weighted by molar-refractivity contribution is 0.0685. The monoisotopic (exact) mass is 700 g/mol. The van der Waals surface area contributed by atoms with Gasteiger partial charge in [0.15, 0.2) is 0 Å². The van der Waals surface area contributed by atoms with Crippen LogP contribution in [-0.2, 0) is 44.4 Å². The van der Waals surface area contributed by atoms with E-state index in [9.17, 15) is 15.0 Å². The number of nitrogens with zero attached hydrogens (tertiary/aromatic N) is 4. The summed E-state index contributed by atoms with van der Waals surface area (Å²) in [4.78, 5) is 19.0. The summed E-state index contributed by atoms with van der Waals surface area (Å²) >= 11 is 10.5. The third-order valence-corrected chi connectivity index (χ3v) is 11.8. The number of hydrogen-bond acceptors (Lipinski definition) is 7. The van der Waals surface area contributed by atoms with Gasteiger partial charge in [-0.3, -0.25) is 4.68 Å². The first-order valence-corrected chi connectivity index (χ1v) is 18.5. The Labute approximate surface area is 292 Å². The van der Waals surface area contributed by atoms with Crippen LogP contribution in [0.3, 0.4) is 0 Å². The van der Waals surface area contributed by atoms with Gasteiger partial charge in [0.2, 0.25) is 0 Å². The number of ether oxygens (including phenoxy) is 1. The summed E-state index contributed by atoms with van der Waals surface area (Å²) in [7, 11) is 1.80. The molecule has 48 heavy (non-hydrogen) atoms. The van der Waals surface area contributed by atoms with Gasteiger partial charge >= 0.3 is 5.97 Å². The lowest BCUT2D eigenvalue weighted by Gasteiger charge is -2.13. The van der Waals surface area contributed by atoms with Gasteiger partial charge in [0, 0.05) is 45.3 Å². The van der Waals surface area contributed by atoms with E-state index in [1.54, 1.807) is 34.7 Å². The molecular weight excluding hydrogens is 664 g/mol. The van der Waals surface area contributed by atoms with Crippen LogP contribution in [0.25, 0.3) is 32.8 Å². The highest BCUT2D eigenvalue weighted by Gasteiger charge is 2.28. The lowest BCUT2D eigenvalue weighted by atomic mass is 9.98. The molecule has 0 radical (unpaired) electrons. The van der Waals surface area contributed by atoms with Crippen molar-refractivity contribution < 1.29 is 19.7 Å². The molecule has 11 heteroatoms. The number of benzene rings is 3. The van der Waals surface area contributed by atoms with E-state index in [0.717, 1.165) is 84.8 Å². The molecule has 0 unspecified atom stereocenters. The highest BCUT2D eigenvalue weighted by atomic mass is 35.5. The van der Waals surface area contributed by atoms with Crippen LogP contribution in [0.15, 0.2) is 48.5 Å². The molecular formula is C37H37ClN4O4S2. The van der Waals surface area contributed by atoms with Gasteiger partial charge < -0.3 is 19.5 Å². The first kappa shape index (κ1) is 32.7. The number of aliphatic hydroxyl groups excluding tert-OH is 1. The maximum atomic E-state index is 12.8. The summed E-state index contributed by atoms with van der Waals surface area (Å²) in [5.41, 5.74) is 7.42. The van der Waals surface area contributed by atoms with Crippen LogP contribution < -0.4 is 4.74 Å². The number of rotatable bonds is 3. The van der Waals surface area contributed by atoms with Gasteiger partial charge in [-0.15, -0.1) is 23.1 Å². The van der Waals surface area contributed by atoms with Gasteiger partial charge in [0.1, 0.15) is 16.5 Å². The highest BCUT2D eigenvalue weighted by Crippen LogP contribution is 2.43. The van der Waals surface area contributed by atoms with Crippen molar-refractivity contribution >= 4 is 62.3 Å². The Bertz CT molecular complexity index is 2180. The SMILES string of the molecule is Cc1nc2sc1CCc1cc(c3ccccc3c1)OCCCc1c(C(=O)O)n(C)c3c(c(Cl)ccc13)-c1c(C)nn(CCO)c1CSC2. The maximum Gasteiger partial charge on any atom is 0.352 e. The molecule has 7 rings (SSSR count). The number of halogens is 1. The molecule has 8 nitrogen and oxygen atoms in total. The number of thiazole rings is 1. The van der Waals surface area contributed by atoms with Crippen LogP contribution >= 0.6 is 34.7 Å². The topological polar surface area (TPSA) is 102 Å². The molecule has 0 fully saturated rings. The molecule has 1 aliphatic heterocycles. The zero-order chi connectivity index (χ0) is 33.5. The number of hydrogen-bond donors (Lipinski definition) is 2. The van der Waals surface area contributed by atoms with Crippen LogP contribution in [0.1, 0.15) is 55.0 Å². The van der Waals surface area contributed by atoms with E-state index in [1.165, 1.54) is 10.4 Å². The number of fused-ring (bicyclic) bond motifs is 8. The van der Waals surface area contributed by atoms with Crippen LogP contribution in [0.4, 0.5) is 0 Å². The summed E-state index contributed by atoms with van der Waals surface area (Å²) in [5, 5.41) is 29.9. The summed E-state index contributed by atoms with van der Waals surface area (Å²) in [6.45, 7) is 4.77. The summed E-state index contributed by atoms with van der Waals surface area (Å²) in [5.74, 6) is 1.22. The molecule has 0 atom stereocenters. The Morgan fingerprint density at radius 3 is 2.67 bits per heavy atom. The van der Waals surface area contributed by atoms with Crippen molar-refractivity contribution in [1.29, 1.82) is 0 Å². The standard InChI is InChI=1S/C37H37ClN4O4S2/c1-21-31-13-10-23-17-24-7-4-5-8-25(24)30(18-23)46-16-6-9-26-27-11-12-28(38)34(35(27)41(3)36(26)37(44)45)33-22(2)40-42(14-15-43)29(33)19-47-20-32(39-21)48-31/h4-5,7-8,11-12,17-18,43H,6,9-10,13-16,19-20H2,1-3H3,(H,44,45). The van der Waals surface area contributed by atoms with Gasteiger partial charge in [-0.25, -0.2) is 9.78 Å². The Balaban J connectivity index is 1.37. The van der Waals surface area contributed by atoms with Crippen LogP contribution in [-0.4, -0.2) is 48.7 Å². The highest BCUT2D eigenvalue weighted by molar-refractivity contribution is 7.97. The zero-order valence-electron chi connectivity index (χ0n) is 27.2. The van der Waals surface area contributed by atoms with Crippen LogP contribution in [0, 0.1) is 13.8 Å². The van der Waals surface area contributed by atoms with Crippen molar-refractivity contribution in [1.82, 2.24) is 19.3 Å². The molecule has 0 saturated carbocycles. The molecule has 1 aliphatic rings. The fourth-order valence-electron chi connectivity index (χ4n) is 7.05. The van der Waals surface area contributed by atoms with E-state index >= 15 is 0 Å². The first-order valence-electron chi connectivity index (χ1n) is 16.1. The number of aromatic nitrogens is 4. The summed E-state index contributed by atoms with van der Waals surface area (Å²) in [6, 6.07) is 16.5. The van der Waals surface area contributed by atoms with Crippen molar-refractivity contribution in [3.8, 4) is 16.9 Å². The number of carbonyl (C=O) groups is 1. The molecule has 0 saturated heterocycles. The third-order valence-electron chi connectivity index (χ3n) is 9.16. The zero-order valence-corrected chi connectivity index (χ0v) is 29.6. The predicted octanol–water partition coefficient (Wildman–Crippen LogP) is 8.16. The molecule has 3 aromatic carbocycles. The van der Waals surface area contributed by atoms with Gasteiger partial charge in [-0.05, 0) is 68.2 Å². The van der Waals surface area contributed by atoms with Crippen molar-refractivity contribution in [3.63, 3.8) is 0 Å². The quantitative estimate of drug-likeness (QED) is 0.192. The minimum Gasteiger partial charge on any atom is -0.493 e. The molecule has 3 aromatic heterocycles. The number of carboxylic acids is 1. The minimum absolute atomic E-state index is 0.0528. The van der Waals surface area contributed by atoms with E-state index in [0.29, 0.717) is 36.8 Å². The molecule has 8 bridgehead atoms. The average Bonchev–Trinajstić information content (AvgIpc) is 3.67. The van der Waals surface area contributed by atoms with E-state index < -0.39 is 5.97 Å². The van der Waals surface area contributed by atoms with Gasteiger partial charge in [-0.1, -0.05) is 48.0 Å².